The molecular weight excluding hydrogens is 298 g/mol. The van der Waals surface area contributed by atoms with Crippen LogP contribution in [0, 0.1) is 11.6 Å². The van der Waals surface area contributed by atoms with Crippen molar-refractivity contribution >= 4 is 15.7 Å². The first kappa shape index (κ1) is 15.4. The highest BCUT2D eigenvalue weighted by molar-refractivity contribution is 7.89. The minimum absolute atomic E-state index is 0.0461. The Bertz CT molecular complexity index is 746. The summed E-state index contributed by atoms with van der Waals surface area (Å²) in [5.74, 6) is -1.11. The van der Waals surface area contributed by atoms with Gasteiger partial charge >= 0.3 is 0 Å². The fourth-order valence-corrected chi connectivity index (χ4v) is 3.23. The second kappa shape index (κ2) is 5.79. The number of benzene rings is 2. The third kappa shape index (κ3) is 3.56. The zero-order valence-electron chi connectivity index (χ0n) is 11.2. The van der Waals surface area contributed by atoms with Crippen molar-refractivity contribution in [2.45, 2.75) is 17.9 Å². The topological polar surface area (TPSA) is 72.2 Å². The molecular formula is C14H14F2N2O2S. The first-order chi connectivity index (χ1) is 9.79. The highest BCUT2D eigenvalue weighted by Crippen LogP contribution is 2.22. The van der Waals surface area contributed by atoms with Crippen molar-refractivity contribution in [3.05, 3.63) is 59.7 Å². The SMILES string of the molecule is CC(NS(=O)(=O)c1cc(F)ccc1N)c1ccc(F)cc1. The number of halogens is 2. The Kier molecular flexibility index (Phi) is 4.24. The third-order valence-corrected chi connectivity index (χ3v) is 4.56. The van der Waals surface area contributed by atoms with Crippen molar-refractivity contribution in [1.82, 2.24) is 4.72 Å². The molecule has 21 heavy (non-hydrogen) atoms. The monoisotopic (exact) mass is 312 g/mol. The van der Waals surface area contributed by atoms with Crippen molar-refractivity contribution in [2.75, 3.05) is 5.73 Å². The van der Waals surface area contributed by atoms with Gasteiger partial charge in [0.2, 0.25) is 10.0 Å². The Morgan fingerprint density at radius 2 is 1.62 bits per heavy atom. The van der Waals surface area contributed by atoms with Crippen molar-refractivity contribution < 1.29 is 17.2 Å². The van der Waals surface area contributed by atoms with E-state index in [9.17, 15) is 17.2 Å². The van der Waals surface area contributed by atoms with E-state index in [1.54, 1.807) is 6.92 Å². The maximum atomic E-state index is 13.2. The highest BCUT2D eigenvalue weighted by Gasteiger charge is 2.21. The van der Waals surface area contributed by atoms with Crippen LogP contribution in [0.25, 0.3) is 0 Å². The average Bonchev–Trinajstić information content (AvgIpc) is 2.41. The van der Waals surface area contributed by atoms with Gasteiger partial charge in [-0.3, -0.25) is 0 Å². The summed E-state index contributed by atoms with van der Waals surface area (Å²) < 4.78 is 52.9. The van der Waals surface area contributed by atoms with Crippen LogP contribution in [0.4, 0.5) is 14.5 Å². The quantitative estimate of drug-likeness (QED) is 0.852. The van der Waals surface area contributed by atoms with E-state index in [-0.39, 0.29) is 10.6 Å². The van der Waals surface area contributed by atoms with Crippen LogP contribution in [0.5, 0.6) is 0 Å². The minimum Gasteiger partial charge on any atom is -0.398 e. The maximum absolute atomic E-state index is 13.2. The van der Waals surface area contributed by atoms with Gasteiger partial charge in [0.15, 0.2) is 0 Å². The molecule has 0 spiro atoms. The van der Waals surface area contributed by atoms with Gasteiger partial charge in [0.25, 0.3) is 0 Å². The molecule has 2 rings (SSSR count). The molecule has 1 atom stereocenters. The molecule has 0 aromatic heterocycles. The van der Waals surface area contributed by atoms with Crippen LogP contribution in [-0.4, -0.2) is 8.42 Å². The van der Waals surface area contributed by atoms with Gasteiger partial charge in [-0.25, -0.2) is 21.9 Å². The molecule has 0 saturated heterocycles. The molecule has 0 saturated carbocycles. The molecule has 2 aromatic rings. The summed E-state index contributed by atoms with van der Waals surface area (Å²) in [6.45, 7) is 1.60. The van der Waals surface area contributed by atoms with E-state index < -0.39 is 27.7 Å². The van der Waals surface area contributed by atoms with E-state index in [4.69, 9.17) is 5.73 Å². The molecule has 0 radical (unpaired) electrons. The van der Waals surface area contributed by atoms with Crippen molar-refractivity contribution in [2.24, 2.45) is 0 Å². The van der Waals surface area contributed by atoms with Gasteiger partial charge in [-0.1, -0.05) is 12.1 Å². The zero-order valence-corrected chi connectivity index (χ0v) is 12.0. The van der Waals surface area contributed by atoms with E-state index >= 15 is 0 Å². The first-order valence-corrected chi connectivity index (χ1v) is 7.61. The molecule has 0 aliphatic carbocycles. The lowest BCUT2D eigenvalue weighted by atomic mass is 10.1. The van der Waals surface area contributed by atoms with Gasteiger partial charge in [0.1, 0.15) is 16.5 Å². The minimum atomic E-state index is -3.98. The number of anilines is 1. The summed E-state index contributed by atoms with van der Waals surface area (Å²) >= 11 is 0. The second-order valence-electron chi connectivity index (χ2n) is 4.58. The number of rotatable bonds is 4. The van der Waals surface area contributed by atoms with Gasteiger partial charge in [0.05, 0.1) is 5.69 Å². The Hall–Kier alpha value is -1.99. The number of sulfonamides is 1. The van der Waals surface area contributed by atoms with Crippen molar-refractivity contribution in [1.29, 1.82) is 0 Å². The predicted molar refractivity (Wildman–Crippen MR) is 75.9 cm³/mol. The van der Waals surface area contributed by atoms with Crippen LogP contribution in [0.1, 0.15) is 18.5 Å². The van der Waals surface area contributed by atoms with Crippen molar-refractivity contribution in [3.63, 3.8) is 0 Å². The average molecular weight is 312 g/mol. The molecule has 112 valence electrons. The van der Waals surface area contributed by atoms with Crippen LogP contribution in [-0.2, 0) is 10.0 Å². The molecule has 7 heteroatoms. The lowest BCUT2D eigenvalue weighted by molar-refractivity contribution is 0.564. The Labute approximate surface area is 121 Å². The van der Waals surface area contributed by atoms with Crippen molar-refractivity contribution in [3.8, 4) is 0 Å². The first-order valence-electron chi connectivity index (χ1n) is 6.12. The maximum Gasteiger partial charge on any atom is 0.243 e. The smallest absolute Gasteiger partial charge is 0.243 e. The van der Waals surface area contributed by atoms with E-state index in [0.29, 0.717) is 5.56 Å². The van der Waals surface area contributed by atoms with Crippen LogP contribution < -0.4 is 10.5 Å². The lowest BCUT2D eigenvalue weighted by Crippen LogP contribution is -2.27. The molecule has 4 nitrogen and oxygen atoms in total. The molecule has 0 amide bonds. The van der Waals surface area contributed by atoms with Gasteiger partial charge in [-0.05, 0) is 42.8 Å². The predicted octanol–water partition coefficient (Wildman–Crippen LogP) is 2.59. The summed E-state index contributed by atoms with van der Waals surface area (Å²) in [5.41, 5.74) is 6.11. The summed E-state index contributed by atoms with van der Waals surface area (Å²) in [7, 11) is -3.98. The van der Waals surface area contributed by atoms with E-state index in [1.807, 2.05) is 0 Å². The van der Waals surface area contributed by atoms with E-state index in [0.717, 1.165) is 12.1 Å². The Morgan fingerprint density at radius 3 is 2.24 bits per heavy atom. The molecule has 2 aromatic carbocycles. The van der Waals surface area contributed by atoms with Crippen LogP contribution in [0.3, 0.4) is 0 Å². The number of nitrogens with one attached hydrogen (secondary N) is 1. The van der Waals surface area contributed by atoms with Crippen LogP contribution in [0.2, 0.25) is 0 Å². The van der Waals surface area contributed by atoms with Gasteiger partial charge < -0.3 is 5.73 Å². The summed E-state index contributed by atoms with van der Waals surface area (Å²) in [5, 5.41) is 0. The van der Waals surface area contributed by atoms with E-state index in [1.165, 1.54) is 30.3 Å². The van der Waals surface area contributed by atoms with Gasteiger partial charge in [-0.2, -0.15) is 0 Å². The summed E-state index contributed by atoms with van der Waals surface area (Å²) in [6.07, 6.45) is 0. The third-order valence-electron chi connectivity index (χ3n) is 2.97. The molecule has 0 heterocycles. The fraction of sp³-hybridized carbons (Fsp3) is 0.143. The number of nitrogen functional groups attached to an aromatic ring is 1. The largest absolute Gasteiger partial charge is 0.398 e. The molecule has 1 unspecified atom stereocenters. The molecule has 0 aliphatic rings. The molecule has 0 aliphatic heterocycles. The number of nitrogens with two attached hydrogens (primary N) is 1. The molecule has 0 bridgehead atoms. The molecule has 3 N–H and O–H groups in total. The molecule has 0 fully saturated rings. The summed E-state index contributed by atoms with van der Waals surface area (Å²) in [6, 6.07) is 7.92. The Balaban J connectivity index is 2.28. The summed E-state index contributed by atoms with van der Waals surface area (Å²) in [4.78, 5) is -0.323. The zero-order chi connectivity index (χ0) is 15.6. The van der Waals surface area contributed by atoms with Gasteiger partial charge in [0, 0.05) is 6.04 Å². The lowest BCUT2D eigenvalue weighted by Gasteiger charge is -2.15. The van der Waals surface area contributed by atoms with E-state index in [2.05, 4.69) is 4.72 Å². The van der Waals surface area contributed by atoms with Gasteiger partial charge in [-0.15, -0.1) is 0 Å². The number of hydrogen-bond acceptors (Lipinski definition) is 3. The van der Waals surface area contributed by atoms with Crippen LogP contribution in [0.15, 0.2) is 47.4 Å². The normalized spacial score (nSPS) is 13.1. The Morgan fingerprint density at radius 1 is 1.05 bits per heavy atom. The fourth-order valence-electron chi connectivity index (χ4n) is 1.86. The van der Waals surface area contributed by atoms with Crippen LogP contribution >= 0.6 is 0 Å². The second-order valence-corrected chi connectivity index (χ2v) is 6.26. The number of hydrogen-bond donors (Lipinski definition) is 2. The standard InChI is InChI=1S/C14H14F2N2O2S/c1-9(10-2-4-11(15)5-3-10)18-21(19,20)14-8-12(16)6-7-13(14)17/h2-9,18H,17H2,1H3. The highest BCUT2D eigenvalue weighted by atomic mass is 32.2.